The van der Waals surface area contributed by atoms with Crippen LogP contribution in [0.1, 0.15) is 12.5 Å². The molecule has 0 unspecified atom stereocenters. The molecular formula is C19H20Cl2N2O3. The smallest absolute Gasteiger partial charge is 0.263 e. The number of carbonyl (C=O) groups is 2. The molecule has 2 rings (SSSR count). The van der Waals surface area contributed by atoms with Crippen molar-refractivity contribution in [1.29, 1.82) is 0 Å². The van der Waals surface area contributed by atoms with Gasteiger partial charge in [-0.3, -0.25) is 9.59 Å². The molecule has 138 valence electrons. The number of anilines is 1. The summed E-state index contributed by atoms with van der Waals surface area (Å²) in [6.45, 7) is 3.43. The average molecular weight is 395 g/mol. The molecule has 26 heavy (non-hydrogen) atoms. The average Bonchev–Trinajstić information content (AvgIpc) is 2.57. The van der Waals surface area contributed by atoms with E-state index in [2.05, 4.69) is 5.32 Å². The lowest BCUT2D eigenvalue weighted by molar-refractivity contribution is -0.139. The fourth-order valence-electron chi connectivity index (χ4n) is 2.34. The summed E-state index contributed by atoms with van der Waals surface area (Å²) in [6.07, 6.45) is -0.724. The van der Waals surface area contributed by atoms with Crippen molar-refractivity contribution >= 4 is 40.7 Å². The molecule has 0 aliphatic carbocycles. The predicted molar refractivity (Wildman–Crippen MR) is 104 cm³/mol. The molecule has 0 aliphatic rings. The zero-order chi connectivity index (χ0) is 19.3. The van der Waals surface area contributed by atoms with Crippen molar-refractivity contribution in [3.63, 3.8) is 0 Å². The molecule has 2 amide bonds. The minimum absolute atomic E-state index is 0.151. The van der Waals surface area contributed by atoms with E-state index < -0.39 is 12.0 Å². The number of carbonyl (C=O) groups excluding carboxylic acids is 2. The summed E-state index contributed by atoms with van der Waals surface area (Å²) in [4.78, 5) is 25.9. The van der Waals surface area contributed by atoms with Gasteiger partial charge in [-0.2, -0.15) is 0 Å². The number of amides is 2. The van der Waals surface area contributed by atoms with Gasteiger partial charge in [-0.05, 0) is 43.7 Å². The van der Waals surface area contributed by atoms with Gasteiger partial charge in [0.05, 0.1) is 22.3 Å². The molecule has 0 saturated carbocycles. The minimum atomic E-state index is -0.724. The first-order valence-electron chi connectivity index (χ1n) is 8.00. The molecule has 1 N–H and O–H groups in total. The molecule has 2 aromatic carbocycles. The van der Waals surface area contributed by atoms with Crippen LogP contribution in [0, 0.1) is 6.92 Å². The SMILES string of the molecule is Cc1cccc(O[C@H](C)C(=O)N(C)CC(=O)Nc2c(Cl)cccc2Cl)c1. The van der Waals surface area contributed by atoms with Crippen molar-refractivity contribution in [3.05, 3.63) is 58.1 Å². The fourth-order valence-corrected chi connectivity index (χ4v) is 2.83. The van der Waals surface area contributed by atoms with Gasteiger partial charge in [0.25, 0.3) is 5.91 Å². The Bertz CT molecular complexity index is 791. The van der Waals surface area contributed by atoms with Crippen LogP contribution < -0.4 is 10.1 Å². The van der Waals surface area contributed by atoms with Gasteiger partial charge in [-0.1, -0.05) is 41.4 Å². The van der Waals surface area contributed by atoms with Crippen molar-refractivity contribution in [1.82, 2.24) is 4.90 Å². The lowest BCUT2D eigenvalue weighted by Gasteiger charge is -2.22. The Morgan fingerprint density at radius 1 is 1.15 bits per heavy atom. The number of halogens is 2. The van der Waals surface area contributed by atoms with E-state index in [0.29, 0.717) is 21.5 Å². The number of hydrogen-bond donors (Lipinski definition) is 1. The van der Waals surface area contributed by atoms with E-state index >= 15 is 0 Å². The first-order valence-corrected chi connectivity index (χ1v) is 8.75. The molecule has 2 aromatic rings. The summed E-state index contributed by atoms with van der Waals surface area (Å²) in [5, 5.41) is 3.28. The van der Waals surface area contributed by atoms with E-state index in [1.807, 2.05) is 25.1 Å². The van der Waals surface area contributed by atoms with Crippen LogP contribution in [-0.2, 0) is 9.59 Å². The van der Waals surface area contributed by atoms with Crippen LogP contribution in [0.3, 0.4) is 0 Å². The zero-order valence-electron chi connectivity index (χ0n) is 14.8. The number of ether oxygens (including phenoxy) is 1. The van der Waals surface area contributed by atoms with Crippen molar-refractivity contribution in [2.24, 2.45) is 0 Å². The van der Waals surface area contributed by atoms with Crippen LogP contribution in [0.25, 0.3) is 0 Å². The van der Waals surface area contributed by atoms with Gasteiger partial charge in [0, 0.05) is 7.05 Å². The number of likely N-dealkylation sites (N-methyl/N-ethyl adjacent to an activating group) is 1. The monoisotopic (exact) mass is 394 g/mol. The maximum Gasteiger partial charge on any atom is 0.263 e. The van der Waals surface area contributed by atoms with E-state index in [-0.39, 0.29) is 12.5 Å². The Labute approximate surface area is 162 Å². The van der Waals surface area contributed by atoms with E-state index in [1.54, 1.807) is 31.2 Å². The van der Waals surface area contributed by atoms with Crippen LogP contribution in [0.5, 0.6) is 5.75 Å². The second-order valence-electron chi connectivity index (χ2n) is 5.92. The Morgan fingerprint density at radius 3 is 2.38 bits per heavy atom. The topological polar surface area (TPSA) is 58.6 Å². The van der Waals surface area contributed by atoms with Crippen LogP contribution in [0.15, 0.2) is 42.5 Å². The normalized spacial score (nSPS) is 11.6. The second kappa shape index (κ2) is 8.92. The van der Waals surface area contributed by atoms with Crippen LogP contribution in [-0.4, -0.2) is 36.4 Å². The third-order valence-electron chi connectivity index (χ3n) is 3.63. The number of aryl methyl sites for hydroxylation is 1. The van der Waals surface area contributed by atoms with Gasteiger partial charge in [0.15, 0.2) is 6.10 Å². The lowest BCUT2D eigenvalue weighted by Crippen LogP contribution is -2.42. The highest BCUT2D eigenvalue weighted by molar-refractivity contribution is 6.39. The number of nitrogens with one attached hydrogen (secondary N) is 1. The van der Waals surface area contributed by atoms with Crippen LogP contribution in [0.2, 0.25) is 10.0 Å². The Morgan fingerprint density at radius 2 is 1.77 bits per heavy atom. The van der Waals surface area contributed by atoms with Gasteiger partial charge in [0.1, 0.15) is 5.75 Å². The zero-order valence-corrected chi connectivity index (χ0v) is 16.3. The fraction of sp³-hybridized carbons (Fsp3) is 0.263. The standard InChI is InChI=1S/C19H20Cl2N2O3/c1-12-6-4-7-14(10-12)26-13(2)19(25)23(3)11-17(24)22-18-15(20)8-5-9-16(18)21/h4-10,13H,11H2,1-3H3,(H,22,24)/t13-/m1/s1. The molecular weight excluding hydrogens is 375 g/mol. The maximum atomic E-state index is 12.4. The van der Waals surface area contributed by atoms with Crippen molar-refractivity contribution in [2.75, 3.05) is 18.9 Å². The summed E-state index contributed by atoms with van der Waals surface area (Å²) in [7, 11) is 1.53. The summed E-state index contributed by atoms with van der Waals surface area (Å²) >= 11 is 12.1. The first kappa shape index (κ1) is 20.1. The van der Waals surface area contributed by atoms with Crippen molar-refractivity contribution in [3.8, 4) is 5.75 Å². The number of rotatable bonds is 6. The molecule has 0 aliphatic heterocycles. The Kier molecular flexibility index (Phi) is 6.89. The molecule has 0 heterocycles. The molecule has 0 aromatic heterocycles. The van der Waals surface area contributed by atoms with Crippen LogP contribution in [0.4, 0.5) is 5.69 Å². The molecule has 7 heteroatoms. The van der Waals surface area contributed by atoms with Gasteiger partial charge in [0.2, 0.25) is 5.91 Å². The molecule has 1 atom stereocenters. The van der Waals surface area contributed by atoms with Crippen LogP contribution >= 0.6 is 23.2 Å². The number of nitrogens with zero attached hydrogens (tertiary/aromatic N) is 1. The van der Waals surface area contributed by atoms with E-state index in [4.69, 9.17) is 27.9 Å². The number of benzene rings is 2. The highest BCUT2D eigenvalue weighted by Crippen LogP contribution is 2.29. The van der Waals surface area contributed by atoms with Gasteiger partial charge in [-0.15, -0.1) is 0 Å². The molecule has 5 nitrogen and oxygen atoms in total. The van der Waals surface area contributed by atoms with E-state index in [0.717, 1.165) is 5.56 Å². The molecule has 0 bridgehead atoms. The summed E-state index contributed by atoms with van der Waals surface area (Å²) in [5.74, 6) is -0.114. The Hall–Kier alpha value is -2.24. The third-order valence-corrected chi connectivity index (χ3v) is 4.26. The number of para-hydroxylation sites is 1. The van der Waals surface area contributed by atoms with Gasteiger partial charge >= 0.3 is 0 Å². The second-order valence-corrected chi connectivity index (χ2v) is 6.73. The summed E-state index contributed by atoms with van der Waals surface area (Å²) in [6, 6.07) is 12.3. The third kappa shape index (κ3) is 5.38. The highest BCUT2D eigenvalue weighted by atomic mass is 35.5. The lowest BCUT2D eigenvalue weighted by atomic mass is 10.2. The van der Waals surface area contributed by atoms with E-state index in [9.17, 15) is 9.59 Å². The van der Waals surface area contributed by atoms with Crippen molar-refractivity contribution in [2.45, 2.75) is 20.0 Å². The number of hydrogen-bond acceptors (Lipinski definition) is 3. The predicted octanol–water partition coefficient (Wildman–Crippen LogP) is 4.17. The summed E-state index contributed by atoms with van der Waals surface area (Å²) < 4.78 is 5.65. The first-order chi connectivity index (χ1) is 12.3. The molecule has 0 radical (unpaired) electrons. The maximum absolute atomic E-state index is 12.4. The highest BCUT2D eigenvalue weighted by Gasteiger charge is 2.21. The molecule has 0 saturated heterocycles. The quantitative estimate of drug-likeness (QED) is 0.799. The Balaban J connectivity index is 1.94. The summed E-state index contributed by atoms with van der Waals surface area (Å²) in [5.41, 5.74) is 1.36. The van der Waals surface area contributed by atoms with Gasteiger partial charge < -0.3 is 15.0 Å². The molecule has 0 spiro atoms. The minimum Gasteiger partial charge on any atom is -0.481 e. The largest absolute Gasteiger partial charge is 0.481 e. The molecule has 0 fully saturated rings. The van der Waals surface area contributed by atoms with E-state index in [1.165, 1.54) is 11.9 Å². The van der Waals surface area contributed by atoms with Gasteiger partial charge in [-0.25, -0.2) is 0 Å². The van der Waals surface area contributed by atoms with Crippen molar-refractivity contribution < 1.29 is 14.3 Å².